The summed E-state index contributed by atoms with van der Waals surface area (Å²) < 4.78 is 4.77. The minimum atomic E-state index is -1.40. The number of ether oxygens (including phenoxy) is 1. The SMILES string of the molecule is CCCCCCCCCCCCCC(=O)OCC(O)C(N)=O. The molecule has 3 N–H and O–H groups in total. The van der Waals surface area contributed by atoms with Gasteiger partial charge in [-0.2, -0.15) is 0 Å². The monoisotopic (exact) mass is 315 g/mol. The van der Waals surface area contributed by atoms with Gasteiger partial charge in [0.05, 0.1) is 0 Å². The first kappa shape index (κ1) is 20.9. The maximum absolute atomic E-state index is 11.3. The van der Waals surface area contributed by atoms with E-state index in [0.717, 1.165) is 19.3 Å². The first-order valence-corrected chi connectivity index (χ1v) is 8.71. The first-order valence-electron chi connectivity index (χ1n) is 8.71. The molecule has 5 nitrogen and oxygen atoms in total. The topological polar surface area (TPSA) is 89.6 Å². The molecule has 1 unspecified atom stereocenters. The fourth-order valence-corrected chi connectivity index (χ4v) is 2.26. The third-order valence-corrected chi connectivity index (χ3v) is 3.72. The Morgan fingerprint density at radius 1 is 0.909 bits per heavy atom. The Morgan fingerprint density at radius 2 is 1.36 bits per heavy atom. The van der Waals surface area contributed by atoms with E-state index in [4.69, 9.17) is 15.6 Å². The average Bonchev–Trinajstić information content (AvgIpc) is 2.50. The summed E-state index contributed by atoms with van der Waals surface area (Å²) in [6.45, 7) is 1.89. The lowest BCUT2D eigenvalue weighted by atomic mass is 10.1. The Bertz CT molecular complexity index is 294. The summed E-state index contributed by atoms with van der Waals surface area (Å²) in [5, 5.41) is 9.08. The molecule has 0 radical (unpaired) electrons. The number of aliphatic hydroxyl groups is 1. The molecule has 0 heterocycles. The maximum atomic E-state index is 11.3. The van der Waals surface area contributed by atoms with Gasteiger partial charge in [-0.3, -0.25) is 9.59 Å². The smallest absolute Gasteiger partial charge is 0.305 e. The first-order chi connectivity index (χ1) is 10.6. The number of hydrogen-bond acceptors (Lipinski definition) is 4. The second-order valence-corrected chi connectivity index (χ2v) is 5.89. The third kappa shape index (κ3) is 13.9. The molecule has 0 aliphatic carbocycles. The molecule has 0 saturated heterocycles. The van der Waals surface area contributed by atoms with Crippen molar-refractivity contribution in [3.8, 4) is 0 Å². The van der Waals surface area contributed by atoms with Gasteiger partial charge in [0.1, 0.15) is 6.61 Å². The van der Waals surface area contributed by atoms with Gasteiger partial charge in [-0.1, -0.05) is 71.1 Å². The van der Waals surface area contributed by atoms with Crippen molar-refractivity contribution in [3.05, 3.63) is 0 Å². The number of carbonyl (C=O) groups excluding carboxylic acids is 2. The number of carbonyl (C=O) groups is 2. The summed E-state index contributed by atoms with van der Waals surface area (Å²) in [5.74, 6) is -1.25. The predicted octanol–water partition coefficient (Wildman–Crippen LogP) is 3.08. The largest absolute Gasteiger partial charge is 0.462 e. The number of hydrogen-bond donors (Lipinski definition) is 2. The zero-order valence-corrected chi connectivity index (χ0v) is 14.0. The minimum Gasteiger partial charge on any atom is -0.462 e. The molecular weight excluding hydrogens is 282 g/mol. The van der Waals surface area contributed by atoms with Crippen LogP contribution in [0.25, 0.3) is 0 Å². The van der Waals surface area contributed by atoms with Crippen LogP contribution in [0.1, 0.15) is 84.0 Å². The van der Waals surface area contributed by atoms with Crippen molar-refractivity contribution in [2.75, 3.05) is 6.61 Å². The van der Waals surface area contributed by atoms with Gasteiger partial charge in [0.15, 0.2) is 6.10 Å². The second-order valence-electron chi connectivity index (χ2n) is 5.89. The molecule has 130 valence electrons. The van der Waals surface area contributed by atoms with Crippen LogP contribution < -0.4 is 5.73 Å². The predicted molar refractivity (Wildman–Crippen MR) is 87.2 cm³/mol. The summed E-state index contributed by atoms with van der Waals surface area (Å²) >= 11 is 0. The molecule has 0 aromatic heterocycles. The fourth-order valence-electron chi connectivity index (χ4n) is 2.26. The van der Waals surface area contributed by atoms with Crippen molar-refractivity contribution in [1.29, 1.82) is 0 Å². The van der Waals surface area contributed by atoms with Crippen LogP contribution in [-0.4, -0.2) is 29.7 Å². The highest BCUT2D eigenvalue weighted by atomic mass is 16.5. The molecule has 0 aromatic carbocycles. The highest BCUT2D eigenvalue weighted by Gasteiger charge is 2.13. The Hall–Kier alpha value is -1.10. The van der Waals surface area contributed by atoms with Gasteiger partial charge >= 0.3 is 5.97 Å². The molecule has 0 saturated carbocycles. The highest BCUT2D eigenvalue weighted by molar-refractivity contribution is 5.79. The summed E-state index contributed by atoms with van der Waals surface area (Å²) in [4.78, 5) is 21.9. The average molecular weight is 315 g/mol. The fraction of sp³-hybridized carbons (Fsp3) is 0.882. The number of rotatable bonds is 15. The molecule has 0 spiro atoms. The molecule has 0 aliphatic heterocycles. The summed E-state index contributed by atoms with van der Waals surface area (Å²) in [6, 6.07) is 0. The Kier molecular flexibility index (Phi) is 14.1. The van der Waals surface area contributed by atoms with Crippen molar-refractivity contribution < 1.29 is 19.4 Å². The molecular formula is C17H33NO4. The van der Waals surface area contributed by atoms with Crippen LogP contribution in [0.2, 0.25) is 0 Å². The van der Waals surface area contributed by atoms with Crippen molar-refractivity contribution in [2.45, 2.75) is 90.1 Å². The Morgan fingerprint density at radius 3 is 1.82 bits per heavy atom. The van der Waals surface area contributed by atoms with Crippen molar-refractivity contribution in [2.24, 2.45) is 5.73 Å². The van der Waals surface area contributed by atoms with Crippen molar-refractivity contribution in [3.63, 3.8) is 0 Å². The number of primary amides is 1. The zero-order chi connectivity index (χ0) is 16.6. The number of esters is 1. The van der Waals surface area contributed by atoms with E-state index in [9.17, 15) is 9.59 Å². The van der Waals surface area contributed by atoms with E-state index in [1.54, 1.807) is 0 Å². The van der Waals surface area contributed by atoms with Gasteiger partial charge in [-0.05, 0) is 6.42 Å². The molecule has 22 heavy (non-hydrogen) atoms. The molecule has 0 rings (SSSR count). The zero-order valence-electron chi connectivity index (χ0n) is 14.0. The Balaban J connectivity index is 3.25. The number of amides is 1. The number of nitrogens with two attached hydrogens (primary N) is 1. The van der Waals surface area contributed by atoms with E-state index >= 15 is 0 Å². The van der Waals surface area contributed by atoms with E-state index in [1.165, 1.54) is 51.4 Å². The lowest BCUT2D eigenvalue weighted by molar-refractivity contribution is -0.148. The molecule has 0 bridgehead atoms. The summed E-state index contributed by atoms with van der Waals surface area (Å²) in [7, 11) is 0. The van der Waals surface area contributed by atoms with Gasteiger partial charge in [-0.15, -0.1) is 0 Å². The van der Waals surface area contributed by atoms with Gasteiger partial charge < -0.3 is 15.6 Å². The summed E-state index contributed by atoms with van der Waals surface area (Å²) in [6.07, 6.45) is 12.4. The van der Waals surface area contributed by atoms with Gasteiger partial charge in [0.25, 0.3) is 0 Å². The molecule has 1 amide bonds. The lowest BCUT2D eigenvalue weighted by Gasteiger charge is -2.07. The van der Waals surface area contributed by atoms with E-state index < -0.39 is 12.0 Å². The third-order valence-electron chi connectivity index (χ3n) is 3.72. The van der Waals surface area contributed by atoms with Gasteiger partial charge in [-0.25, -0.2) is 0 Å². The van der Waals surface area contributed by atoms with Gasteiger partial charge in [0.2, 0.25) is 5.91 Å². The standard InChI is InChI=1S/C17H33NO4/c1-2-3-4-5-6-7-8-9-10-11-12-13-16(20)22-14-15(19)17(18)21/h15,19H,2-14H2,1H3,(H2,18,21). The van der Waals surface area contributed by atoms with Crippen LogP contribution in [0.5, 0.6) is 0 Å². The maximum Gasteiger partial charge on any atom is 0.305 e. The van der Waals surface area contributed by atoms with E-state index in [1.807, 2.05) is 0 Å². The minimum absolute atomic E-state index is 0.336. The van der Waals surface area contributed by atoms with E-state index in [2.05, 4.69) is 6.92 Å². The number of unbranched alkanes of at least 4 members (excludes halogenated alkanes) is 10. The molecule has 0 fully saturated rings. The van der Waals surface area contributed by atoms with E-state index in [0.29, 0.717) is 6.42 Å². The molecule has 5 heteroatoms. The lowest BCUT2D eigenvalue weighted by Crippen LogP contribution is -2.33. The van der Waals surface area contributed by atoms with Crippen LogP contribution in [-0.2, 0) is 14.3 Å². The van der Waals surface area contributed by atoms with Crippen LogP contribution in [0.15, 0.2) is 0 Å². The van der Waals surface area contributed by atoms with Gasteiger partial charge in [0, 0.05) is 6.42 Å². The normalized spacial score (nSPS) is 12.1. The second kappa shape index (κ2) is 14.8. The van der Waals surface area contributed by atoms with Crippen molar-refractivity contribution >= 4 is 11.9 Å². The Labute approximate surface area is 134 Å². The molecule has 1 atom stereocenters. The van der Waals surface area contributed by atoms with E-state index in [-0.39, 0.29) is 12.6 Å². The van der Waals surface area contributed by atoms with Crippen LogP contribution in [0.3, 0.4) is 0 Å². The number of aliphatic hydroxyl groups excluding tert-OH is 1. The van der Waals surface area contributed by atoms with Crippen LogP contribution in [0.4, 0.5) is 0 Å². The molecule has 0 aromatic rings. The highest BCUT2D eigenvalue weighted by Crippen LogP contribution is 2.12. The van der Waals surface area contributed by atoms with Crippen LogP contribution >= 0.6 is 0 Å². The quantitative estimate of drug-likeness (QED) is 0.359. The molecule has 0 aliphatic rings. The van der Waals surface area contributed by atoms with Crippen LogP contribution in [0, 0.1) is 0 Å². The van der Waals surface area contributed by atoms with Crippen molar-refractivity contribution in [1.82, 2.24) is 0 Å². The summed E-state index contributed by atoms with van der Waals surface area (Å²) in [5.41, 5.74) is 4.86.